The maximum atomic E-state index is 14.9. The molecule has 0 atom stereocenters. The Hall–Kier alpha value is -13.7. The number of hydrogen-bond donors (Lipinski definition) is 0. The number of rotatable bonds is 13. The summed E-state index contributed by atoms with van der Waals surface area (Å²) in [5.41, 5.74) is 29.5. The third-order valence-corrected chi connectivity index (χ3v) is 25.6. The Labute approximate surface area is 872 Å². The van der Waals surface area contributed by atoms with Gasteiger partial charge in [0, 0.05) is 49.1 Å². The summed E-state index contributed by atoms with van der Waals surface area (Å²) in [5.74, 6) is -3.02. The van der Waals surface area contributed by atoms with Gasteiger partial charge in [-0.15, -0.1) is 204 Å². The topological polar surface area (TPSA) is 90.2 Å². The first-order chi connectivity index (χ1) is 66.2. The van der Waals surface area contributed by atoms with Crippen LogP contribution in [0, 0.1) is 72.7 Å². The summed E-state index contributed by atoms with van der Waals surface area (Å²) in [6.07, 6.45) is 0. The molecule has 7 nitrogen and oxygen atoms in total. The maximum absolute atomic E-state index is 14.9. The zero-order valence-electron chi connectivity index (χ0n) is 77.1. The molecule has 7 heterocycles. The van der Waals surface area contributed by atoms with E-state index in [2.05, 4.69) is 271 Å². The van der Waals surface area contributed by atoms with Crippen molar-refractivity contribution in [1.82, 2.24) is 34.9 Å². The molecule has 7 aromatic heterocycles. The molecule has 140 heavy (non-hydrogen) atoms. The van der Waals surface area contributed by atoms with Crippen molar-refractivity contribution >= 4 is 0 Å². The molecule has 0 bridgehead atoms. The van der Waals surface area contributed by atoms with E-state index in [0.717, 1.165) is 131 Å². The Morgan fingerprint density at radius 3 is 0.721 bits per heavy atom. The third-order valence-electron chi connectivity index (χ3n) is 25.6. The molecule has 0 unspecified atom stereocenters. The van der Waals surface area contributed by atoms with Gasteiger partial charge in [0.25, 0.3) is 0 Å². The van der Waals surface area contributed by atoms with Crippen LogP contribution in [0.5, 0.6) is 0 Å². The van der Waals surface area contributed by atoms with Gasteiger partial charge in [0.1, 0.15) is 16.2 Å². The second-order valence-corrected chi connectivity index (χ2v) is 36.0. The SMILES string of the molecule is CC(C)(C)c1ccc2c(c1)C(c1cccc(-c3[c-]cccc3)n1)(c1cccc(-c3[c-]cccc3)n1)c1cc(C(C)(C)C)ccc1-2.Cc1cccc(-c2[c-]cccc2)n1.Fc1c[c-]c(-c2cccc(C3(c4cccc(-c5[c-]cc(F)cc5F)n4)c4ccccc4-c4ccccc43)n2)c(F)c1.[Ir].[Pt+2].[Pt+2].[Pt+2].[c-]1ccccc1-c1cccc(C2(c3cccc(-c4[c-]cccc4)n3)c3ccccc3-c3ccccc32)n1. The standard InChI is InChI=1S/C43H38N2.C35H18F4N2.C35H22N2.C12H10N.Ir.3Pt/c1-41(2,3)31-23-25-33-34-26-24-32(42(4,5)6)28-36(34)43(35(33)27-31,39-21-13-19-37(44-39)29-15-9-7-10-16-29)40-22-14-20-38(45-40)30-17-11-8-12-18-30;36-21-15-17-25(29(38)19-21)31-11-5-13-33(40-31)35(27-9-3-1-7-23(27)24-8-2-4-10-28(24)35)34-14-6-12-32(41-34)26-18-16-22(37)20-30(26)39;1-3-13-25(14-4-1)31-21-11-23-33(36-31)35(34-24-12-22-32(37-34)26-15-5-2-6-16-26)29-19-9-7-17-27(29)28-18-8-10-20-30(28)35;1-10-6-5-9-12(13-10)11-7-3-2-4-8-11;;;;/h7-15,17,19-28H,1-6H3;1-16,19-20H;1-13,15,17-24H;2-7,9H,1H3;;;;/q3*-2;-1;;3*+2. The van der Waals surface area contributed by atoms with Crippen molar-refractivity contribution in [3.8, 4) is 112 Å². The Balaban J connectivity index is 0.000000140. The number of pyridine rings is 7. The smallest absolute Gasteiger partial charge is 0.302 e. The van der Waals surface area contributed by atoms with Crippen LogP contribution < -0.4 is 0 Å². The molecule has 15 heteroatoms. The molecule has 1 radical (unpaired) electrons. The van der Waals surface area contributed by atoms with Gasteiger partial charge < -0.3 is 4.98 Å². The van der Waals surface area contributed by atoms with E-state index in [1.807, 2.05) is 183 Å². The molecule has 23 rings (SSSR count). The predicted molar refractivity (Wildman–Crippen MR) is 534 cm³/mol. The first kappa shape index (κ1) is 99.4. The van der Waals surface area contributed by atoms with Gasteiger partial charge in [-0.25, -0.2) is 0 Å². The summed E-state index contributed by atoms with van der Waals surface area (Å²) >= 11 is 0. The van der Waals surface area contributed by atoms with Gasteiger partial charge in [-0.3, -0.25) is 47.5 Å². The van der Waals surface area contributed by atoms with Crippen LogP contribution in [0.2, 0.25) is 0 Å². The van der Waals surface area contributed by atoms with Gasteiger partial charge in [0.2, 0.25) is 0 Å². The van der Waals surface area contributed by atoms with Crippen LogP contribution in [0.25, 0.3) is 112 Å². The summed E-state index contributed by atoms with van der Waals surface area (Å²) in [7, 11) is 0. The molecule has 0 saturated carbocycles. The van der Waals surface area contributed by atoms with Crippen LogP contribution in [0.3, 0.4) is 0 Å². The van der Waals surface area contributed by atoms with E-state index in [4.69, 9.17) is 29.9 Å². The molecule has 0 fully saturated rings. The van der Waals surface area contributed by atoms with Crippen molar-refractivity contribution in [2.24, 2.45) is 0 Å². The minimum absolute atomic E-state index is 0. The minimum Gasteiger partial charge on any atom is -0.302 e. The van der Waals surface area contributed by atoms with Gasteiger partial charge in [0.15, 0.2) is 0 Å². The van der Waals surface area contributed by atoms with Gasteiger partial charge in [-0.2, -0.15) is 0 Å². The van der Waals surface area contributed by atoms with E-state index in [9.17, 15) is 17.6 Å². The van der Waals surface area contributed by atoms with E-state index in [1.54, 1.807) is 24.3 Å². The number of halogens is 4. The molecule has 20 aromatic rings. The first-order valence-electron chi connectivity index (χ1n) is 45.3. The quantitative estimate of drug-likeness (QED) is 0.0839. The number of nitrogens with zero attached hydrogens (tertiary/aromatic N) is 7. The van der Waals surface area contributed by atoms with Gasteiger partial charge in [0.05, 0.1) is 34.2 Å². The fraction of sp³-hybridized carbons (Fsp3) is 0.0960. The molecule has 13 aromatic carbocycles. The molecule has 0 saturated heterocycles. The molecular formula is C125H88F4IrN7Pt3-. The van der Waals surface area contributed by atoms with Crippen molar-refractivity contribution in [3.05, 3.63) is 557 Å². The normalized spacial score (nSPS) is 12.6. The van der Waals surface area contributed by atoms with Crippen LogP contribution in [0.4, 0.5) is 17.6 Å². The maximum Gasteiger partial charge on any atom is 2.00 e. The molecule has 0 N–H and O–H groups in total. The molecule has 0 aliphatic heterocycles. The number of hydrogen-bond acceptors (Lipinski definition) is 7. The minimum atomic E-state index is -1.08. The van der Waals surface area contributed by atoms with Crippen molar-refractivity contribution in [2.45, 2.75) is 75.5 Å². The average Bonchev–Trinajstić information content (AvgIpc) is 1.45. The van der Waals surface area contributed by atoms with Crippen molar-refractivity contribution < 1.29 is 101 Å². The molecular weight excluding hydrogens is 2450 g/mol. The predicted octanol–water partition coefficient (Wildman–Crippen LogP) is 29.3. The van der Waals surface area contributed by atoms with E-state index in [1.165, 1.54) is 55.6 Å². The number of aromatic nitrogens is 7. The summed E-state index contributed by atoms with van der Waals surface area (Å²) in [4.78, 5) is 35.8. The summed E-state index contributed by atoms with van der Waals surface area (Å²) in [5, 5.41) is 0. The van der Waals surface area contributed by atoms with Gasteiger partial charge in [-0.1, -0.05) is 283 Å². The van der Waals surface area contributed by atoms with Crippen LogP contribution in [-0.2, 0) is 110 Å². The van der Waals surface area contributed by atoms with Crippen LogP contribution in [0.15, 0.2) is 406 Å². The molecule has 691 valence electrons. The van der Waals surface area contributed by atoms with E-state index >= 15 is 0 Å². The van der Waals surface area contributed by atoms with Crippen molar-refractivity contribution in [3.63, 3.8) is 0 Å². The first-order valence-corrected chi connectivity index (χ1v) is 45.3. The Morgan fingerprint density at radius 1 is 0.229 bits per heavy atom. The van der Waals surface area contributed by atoms with E-state index < -0.39 is 39.5 Å². The van der Waals surface area contributed by atoms with Gasteiger partial charge >= 0.3 is 63.2 Å². The number of aryl methyl sites for hydroxylation is 1. The van der Waals surface area contributed by atoms with Crippen LogP contribution >= 0.6 is 0 Å². The Kier molecular flexibility index (Phi) is 29.9. The van der Waals surface area contributed by atoms with Gasteiger partial charge in [-0.05, 0) is 178 Å². The number of benzene rings is 13. The number of fused-ring (bicyclic) bond motifs is 9. The molecule has 3 aliphatic rings. The van der Waals surface area contributed by atoms with Crippen molar-refractivity contribution in [1.29, 1.82) is 0 Å². The van der Waals surface area contributed by atoms with E-state index in [0.29, 0.717) is 11.4 Å². The fourth-order valence-corrected chi connectivity index (χ4v) is 19.3. The average molecular weight is 2540 g/mol. The Morgan fingerprint density at radius 2 is 0.464 bits per heavy atom. The molecule has 0 spiro atoms. The zero-order valence-corrected chi connectivity index (χ0v) is 86.3. The summed E-state index contributed by atoms with van der Waals surface area (Å²) in [6, 6.07) is 155. The monoisotopic (exact) mass is 2540 g/mol. The molecule has 3 aliphatic carbocycles. The second kappa shape index (κ2) is 42.2. The van der Waals surface area contributed by atoms with Crippen LogP contribution in [-0.4, -0.2) is 34.9 Å². The zero-order chi connectivity index (χ0) is 93.3. The largest absolute Gasteiger partial charge is 2.00 e. The Bertz CT molecular complexity index is 7440. The molecule has 0 amide bonds. The van der Waals surface area contributed by atoms with Crippen LogP contribution in [0.1, 0.15) is 126 Å². The summed E-state index contributed by atoms with van der Waals surface area (Å²) < 4.78 is 57.1. The second-order valence-electron chi connectivity index (χ2n) is 36.0. The van der Waals surface area contributed by atoms with Crippen molar-refractivity contribution in [2.75, 3.05) is 0 Å². The third kappa shape index (κ3) is 18.9. The van der Waals surface area contributed by atoms with E-state index in [-0.39, 0.29) is 117 Å². The fourth-order valence-electron chi connectivity index (χ4n) is 19.3. The summed E-state index contributed by atoms with van der Waals surface area (Å²) in [6.45, 7) is 15.7.